The first kappa shape index (κ1) is 17.5. The third-order valence-corrected chi connectivity index (χ3v) is 3.19. The van der Waals surface area contributed by atoms with Crippen molar-refractivity contribution in [3.05, 3.63) is 62.6 Å². The van der Waals surface area contributed by atoms with Gasteiger partial charge >= 0.3 is 11.9 Å². The molecule has 0 unspecified atom stereocenters. The van der Waals surface area contributed by atoms with Gasteiger partial charge in [0.05, 0.1) is 17.8 Å². The Kier molecular flexibility index (Phi) is 5.54. The van der Waals surface area contributed by atoms with Crippen molar-refractivity contribution in [2.75, 3.05) is 6.61 Å². The average Bonchev–Trinajstić information content (AvgIpc) is 3.01. The molecule has 0 aliphatic heterocycles. The minimum Gasteiger partial charge on any atom is -0.465 e. The monoisotopic (exact) mass is 353 g/mol. The van der Waals surface area contributed by atoms with E-state index in [4.69, 9.17) is 25.5 Å². The molecule has 1 aromatic heterocycles. The van der Waals surface area contributed by atoms with Gasteiger partial charge in [0.25, 0.3) is 5.69 Å². The molecule has 0 bridgehead atoms. The van der Waals surface area contributed by atoms with Crippen molar-refractivity contribution in [3.63, 3.8) is 0 Å². The summed E-state index contributed by atoms with van der Waals surface area (Å²) in [5.41, 5.74) is -0.610. The molecule has 0 radical (unpaired) electrons. The third kappa shape index (κ3) is 3.90. The Bertz CT molecular complexity index is 784. The van der Waals surface area contributed by atoms with Crippen molar-refractivity contribution in [1.29, 1.82) is 0 Å². The van der Waals surface area contributed by atoms with E-state index < -0.39 is 22.5 Å². The van der Waals surface area contributed by atoms with Crippen LogP contribution in [0.5, 0.6) is 0 Å². The van der Waals surface area contributed by atoms with E-state index in [1.54, 1.807) is 6.92 Å². The molecule has 0 saturated carbocycles. The molecule has 0 spiro atoms. The molecule has 0 N–H and O–H groups in total. The molecule has 1 heterocycles. The van der Waals surface area contributed by atoms with E-state index in [0.29, 0.717) is 0 Å². The van der Waals surface area contributed by atoms with Crippen LogP contribution < -0.4 is 0 Å². The van der Waals surface area contributed by atoms with Gasteiger partial charge in [-0.2, -0.15) is 0 Å². The SMILES string of the molecule is CCOC(=O)c1ccoc1COC(=O)c1ccc(Cl)cc1[N+](=O)[O-]. The first-order chi connectivity index (χ1) is 11.4. The van der Waals surface area contributed by atoms with Gasteiger partial charge in [0.15, 0.2) is 12.4 Å². The highest BCUT2D eigenvalue weighted by molar-refractivity contribution is 6.31. The highest BCUT2D eigenvalue weighted by Gasteiger charge is 2.23. The lowest BCUT2D eigenvalue weighted by Crippen LogP contribution is -2.11. The van der Waals surface area contributed by atoms with Crippen LogP contribution in [-0.4, -0.2) is 23.5 Å². The van der Waals surface area contributed by atoms with Crippen LogP contribution in [0.4, 0.5) is 5.69 Å². The van der Waals surface area contributed by atoms with Gasteiger partial charge in [-0.05, 0) is 25.1 Å². The van der Waals surface area contributed by atoms with Crippen molar-refractivity contribution >= 4 is 29.2 Å². The Morgan fingerprint density at radius 1 is 1.21 bits per heavy atom. The fourth-order valence-electron chi connectivity index (χ4n) is 1.88. The number of furan rings is 1. The summed E-state index contributed by atoms with van der Waals surface area (Å²) in [4.78, 5) is 34.0. The summed E-state index contributed by atoms with van der Waals surface area (Å²) in [6.45, 7) is 1.46. The number of carbonyl (C=O) groups excluding carboxylic acids is 2. The van der Waals surface area contributed by atoms with Crippen molar-refractivity contribution in [2.24, 2.45) is 0 Å². The molecule has 0 atom stereocenters. The van der Waals surface area contributed by atoms with E-state index in [1.165, 1.54) is 24.5 Å². The first-order valence-electron chi connectivity index (χ1n) is 6.78. The molecule has 24 heavy (non-hydrogen) atoms. The van der Waals surface area contributed by atoms with Gasteiger partial charge in [-0.3, -0.25) is 10.1 Å². The van der Waals surface area contributed by atoms with Crippen LogP contribution in [0.2, 0.25) is 5.02 Å². The molecule has 126 valence electrons. The molecule has 0 aliphatic carbocycles. The number of benzene rings is 1. The second kappa shape index (κ2) is 7.60. The van der Waals surface area contributed by atoms with Crippen LogP contribution in [-0.2, 0) is 16.1 Å². The maximum atomic E-state index is 12.1. The minimum atomic E-state index is -0.940. The summed E-state index contributed by atoms with van der Waals surface area (Å²) in [7, 11) is 0. The zero-order valence-corrected chi connectivity index (χ0v) is 13.2. The van der Waals surface area contributed by atoms with Gasteiger partial charge < -0.3 is 13.9 Å². The predicted molar refractivity (Wildman–Crippen MR) is 81.9 cm³/mol. The topological polar surface area (TPSA) is 109 Å². The molecule has 0 amide bonds. The van der Waals surface area contributed by atoms with Gasteiger partial charge in [-0.15, -0.1) is 0 Å². The van der Waals surface area contributed by atoms with Gasteiger partial charge in [0, 0.05) is 11.1 Å². The molecule has 9 heteroatoms. The van der Waals surface area contributed by atoms with Gasteiger partial charge in [-0.25, -0.2) is 9.59 Å². The first-order valence-corrected chi connectivity index (χ1v) is 7.16. The Labute approximate surface area is 141 Å². The van der Waals surface area contributed by atoms with E-state index in [-0.39, 0.29) is 35.1 Å². The molecular formula is C15H12ClNO7. The number of halogens is 1. The lowest BCUT2D eigenvalue weighted by molar-refractivity contribution is -0.385. The highest BCUT2D eigenvalue weighted by Crippen LogP contribution is 2.24. The van der Waals surface area contributed by atoms with Crippen molar-refractivity contribution in [2.45, 2.75) is 13.5 Å². The van der Waals surface area contributed by atoms with Gasteiger partial charge in [-0.1, -0.05) is 11.6 Å². The van der Waals surface area contributed by atoms with E-state index >= 15 is 0 Å². The fourth-order valence-corrected chi connectivity index (χ4v) is 2.05. The largest absolute Gasteiger partial charge is 0.465 e. The Morgan fingerprint density at radius 3 is 2.58 bits per heavy atom. The standard InChI is InChI=1S/C15H12ClNO7/c1-2-22-15(19)11-5-6-23-13(11)8-24-14(18)10-4-3-9(16)7-12(10)17(20)21/h3-7H,2,8H2,1H3. The Balaban J connectivity index is 2.14. The predicted octanol–water partition coefficient (Wildman–Crippen LogP) is 3.37. The average molecular weight is 354 g/mol. The summed E-state index contributed by atoms with van der Waals surface area (Å²) in [6.07, 6.45) is 1.25. The molecule has 0 fully saturated rings. The Morgan fingerprint density at radius 2 is 1.92 bits per heavy atom. The summed E-state index contributed by atoms with van der Waals surface area (Å²) in [5, 5.41) is 11.1. The molecule has 2 rings (SSSR count). The summed E-state index contributed by atoms with van der Waals surface area (Å²) < 4.78 is 14.9. The third-order valence-electron chi connectivity index (χ3n) is 2.95. The quantitative estimate of drug-likeness (QED) is 0.445. The van der Waals surface area contributed by atoms with E-state index in [9.17, 15) is 19.7 Å². The van der Waals surface area contributed by atoms with Gasteiger partial charge in [0.1, 0.15) is 11.1 Å². The lowest BCUT2D eigenvalue weighted by atomic mass is 10.2. The molecule has 0 aliphatic rings. The Hall–Kier alpha value is -2.87. The van der Waals surface area contributed by atoms with Crippen LogP contribution in [0, 0.1) is 10.1 Å². The second-order valence-corrected chi connectivity index (χ2v) is 4.91. The summed E-state index contributed by atoms with van der Waals surface area (Å²) in [6, 6.07) is 4.96. The smallest absolute Gasteiger partial charge is 0.345 e. The number of ether oxygens (including phenoxy) is 2. The van der Waals surface area contributed by atoms with Crippen molar-refractivity contribution in [1.82, 2.24) is 0 Å². The zero-order valence-electron chi connectivity index (χ0n) is 12.5. The lowest BCUT2D eigenvalue weighted by Gasteiger charge is -2.06. The molecule has 0 saturated heterocycles. The molecule has 1 aromatic carbocycles. The van der Waals surface area contributed by atoms with E-state index in [1.807, 2.05) is 0 Å². The maximum Gasteiger partial charge on any atom is 0.345 e. The summed E-state index contributed by atoms with van der Waals surface area (Å²) in [5.74, 6) is -1.47. The number of hydrogen-bond donors (Lipinski definition) is 0. The highest BCUT2D eigenvalue weighted by atomic mass is 35.5. The summed E-state index contributed by atoms with van der Waals surface area (Å²) >= 11 is 5.69. The number of nitro groups is 1. The number of hydrogen-bond acceptors (Lipinski definition) is 7. The second-order valence-electron chi connectivity index (χ2n) is 4.47. The molecule has 8 nitrogen and oxygen atoms in total. The number of nitro benzene ring substituents is 1. The number of nitrogens with zero attached hydrogens (tertiary/aromatic N) is 1. The van der Waals surface area contributed by atoms with Crippen LogP contribution in [0.25, 0.3) is 0 Å². The minimum absolute atomic E-state index is 0.0819. The van der Waals surface area contributed by atoms with Crippen LogP contribution in [0.3, 0.4) is 0 Å². The van der Waals surface area contributed by atoms with E-state index in [0.717, 1.165) is 6.07 Å². The fraction of sp³-hybridized carbons (Fsp3) is 0.200. The number of carbonyl (C=O) groups is 2. The molecule has 2 aromatic rings. The molecular weight excluding hydrogens is 342 g/mol. The number of rotatable bonds is 6. The van der Waals surface area contributed by atoms with Crippen molar-refractivity contribution in [3.8, 4) is 0 Å². The maximum absolute atomic E-state index is 12.1. The van der Waals surface area contributed by atoms with Crippen LogP contribution >= 0.6 is 11.6 Å². The van der Waals surface area contributed by atoms with Crippen molar-refractivity contribution < 1.29 is 28.4 Å². The number of esters is 2. The zero-order chi connectivity index (χ0) is 17.7. The van der Waals surface area contributed by atoms with E-state index in [2.05, 4.69) is 0 Å². The van der Waals surface area contributed by atoms with Gasteiger partial charge in [0.2, 0.25) is 0 Å². The van der Waals surface area contributed by atoms with Crippen LogP contribution in [0.15, 0.2) is 34.9 Å². The van der Waals surface area contributed by atoms with Crippen LogP contribution in [0.1, 0.15) is 33.4 Å². The normalized spacial score (nSPS) is 10.2.